The number of nitrogens with zero attached hydrogens (tertiary/aromatic N) is 2. The van der Waals surface area contributed by atoms with Crippen LogP contribution in [-0.4, -0.2) is 39.5 Å². The molecule has 2 amide bonds. The second kappa shape index (κ2) is 8.59. The Balaban J connectivity index is 1.41. The summed E-state index contributed by atoms with van der Waals surface area (Å²) in [7, 11) is 0. The summed E-state index contributed by atoms with van der Waals surface area (Å²) in [5.74, 6) is -3.03. The number of halogens is 2. The van der Waals surface area contributed by atoms with Crippen molar-refractivity contribution >= 4 is 17.5 Å². The molecule has 1 aromatic heterocycles. The number of phenols is 1. The molecule has 0 bridgehead atoms. The second-order valence-electron chi connectivity index (χ2n) is 7.50. The first-order chi connectivity index (χ1) is 14.9. The highest BCUT2D eigenvalue weighted by Crippen LogP contribution is 2.28. The van der Waals surface area contributed by atoms with Gasteiger partial charge in [-0.25, -0.2) is 8.78 Å². The first-order valence-corrected chi connectivity index (χ1v) is 9.93. The molecular formula is C23H21F2N3O3. The molecule has 0 atom stereocenters. The number of amides is 2. The number of likely N-dealkylation sites (tertiary alicyclic amines) is 1. The third-order valence-corrected chi connectivity index (χ3v) is 5.41. The first kappa shape index (κ1) is 20.6. The third kappa shape index (κ3) is 4.58. The molecule has 2 heterocycles. The van der Waals surface area contributed by atoms with Crippen molar-refractivity contribution in [3.63, 3.8) is 0 Å². The van der Waals surface area contributed by atoms with Crippen LogP contribution in [0, 0.1) is 11.6 Å². The van der Waals surface area contributed by atoms with Gasteiger partial charge in [-0.3, -0.25) is 9.59 Å². The van der Waals surface area contributed by atoms with Gasteiger partial charge in [0.25, 0.3) is 11.8 Å². The summed E-state index contributed by atoms with van der Waals surface area (Å²) >= 11 is 0. The molecule has 0 unspecified atom stereocenters. The third-order valence-electron chi connectivity index (χ3n) is 5.41. The number of rotatable bonds is 4. The van der Waals surface area contributed by atoms with Gasteiger partial charge in [0, 0.05) is 54.9 Å². The SMILES string of the molecule is O=C(Nc1ccc(C(=O)N2CCC(n3cccc3)CC2)c(O)c1)c1cc(F)cc(F)c1. The fraction of sp³-hybridized carbons (Fsp3) is 0.217. The lowest BCUT2D eigenvalue weighted by atomic mass is 10.0. The van der Waals surface area contributed by atoms with E-state index >= 15 is 0 Å². The first-order valence-electron chi connectivity index (χ1n) is 9.93. The Labute approximate surface area is 177 Å². The van der Waals surface area contributed by atoms with Gasteiger partial charge in [-0.15, -0.1) is 0 Å². The summed E-state index contributed by atoms with van der Waals surface area (Å²) in [5.41, 5.74) is 0.145. The van der Waals surface area contributed by atoms with Gasteiger partial charge >= 0.3 is 0 Å². The minimum Gasteiger partial charge on any atom is -0.507 e. The quantitative estimate of drug-likeness (QED) is 0.658. The molecule has 0 radical (unpaired) electrons. The predicted molar refractivity (Wildman–Crippen MR) is 111 cm³/mol. The summed E-state index contributed by atoms with van der Waals surface area (Å²) in [6.45, 7) is 1.15. The van der Waals surface area contributed by atoms with Gasteiger partial charge in [0.2, 0.25) is 0 Å². The fourth-order valence-electron chi connectivity index (χ4n) is 3.81. The zero-order valence-corrected chi connectivity index (χ0v) is 16.6. The minimum atomic E-state index is -0.866. The average molecular weight is 425 g/mol. The lowest BCUT2D eigenvalue weighted by Crippen LogP contribution is -2.38. The summed E-state index contributed by atoms with van der Waals surface area (Å²) < 4.78 is 28.8. The lowest BCUT2D eigenvalue weighted by molar-refractivity contribution is 0.0691. The van der Waals surface area contributed by atoms with Crippen LogP contribution in [0.3, 0.4) is 0 Å². The van der Waals surface area contributed by atoms with Gasteiger partial charge in [-0.1, -0.05) is 0 Å². The number of anilines is 1. The minimum absolute atomic E-state index is 0.134. The Morgan fingerprint density at radius 3 is 2.23 bits per heavy atom. The van der Waals surface area contributed by atoms with E-state index in [-0.39, 0.29) is 28.5 Å². The van der Waals surface area contributed by atoms with Crippen LogP contribution in [0.5, 0.6) is 5.75 Å². The van der Waals surface area contributed by atoms with Crippen LogP contribution in [-0.2, 0) is 0 Å². The van der Waals surface area contributed by atoms with Gasteiger partial charge in [-0.05, 0) is 49.2 Å². The molecule has 3 aromatic rings. The highest BCUT2D eigenvalue weighted by atomic mass is 19.1. The van der Waals surface area contributed by atoms with Crippen molar-refractivity contribution in [1.82, 2.24) is 9.47 Å². The molecule has 0 spiro atoms. The monoisotopic (exact) mass is 425 g/mol. The van der Waals surface area contributed by atoms with Crippen molar-refractivity contribution in [2.24, 2.45) is 0 Å². The maximum absolute atomic E-state index is 13.3. The maximum Gasteiger partial charge on any atom is 0.257 e. The van der Waals surface area contributed by atoms with Crippen molar-refractivity contribution in [2.75, 3.05) is 18.4 Å². The number of carbonyl (C=O) groups is 2. The van der Waals surface area contributed by atoms with E-state index in [0.717, 1.165) is 25.0 Å². The molecule has 4 rings (SSSR count). The molecule has 2 aromatic carbocycles. The normalized spacial score (nSPS) is 14.5. The maximum atomic E-state index is 13.3. The van der Waals surface area contributed by atoms with Crippen LogP contribution in [0.25, 0.3) is 0 Å². The fourth-order valence-corrected chi connectivity index (χ4v) is 3.81. The Bertz CT molecular complexity index is 1090. The number of hydrogen-bond acceptors (Lipinski definition) is 3. The molecule has 160 valence electrons. The zero-order chi connectivity index (χ0) is 22.0. The standard InChI is InChI=1S/C23H21F2N3O3/c24-16-11-15(12-17(25)13-16)22(30)26-18-3-4-20(21(29)14-18)23(31)28-9-5-19(6-10-28)27-7-1-2-8-27/h1-4,7-8,11-14,19,29H,5-6,9-10H2,(H,26,30). The molecule has 1 aliphatic rings. The Hall–Kier alpha value is -3.68. The van der Waals surface area contributed by atoms with E-state index in [2.05, 4.69) is 9.88 Å². The van der Waals surface area contributed by atoms with Crippen LogP contribution in [0.2, 0.25) is 0 Å². The van der Waals surface area contributed by atoms with E-state index in [1.807, 2.05) is 24.5 Å². The highest BCUT2D eigenvalue weighted by Gasteiger charge is 2.26. The number of aromatic nitrogens is 1. The number of piperidine rings is 1. The molecule has 0 saturated carbocycles. The summed E-state index contributed by atoms with van der Waals surface area (Å²) in [4.78, 5) is 26.8. The molecule has 31 heavy (non-hydrogen) atoms. The molecule has 1 aliphatic heterocycles. The van der Waals surface area contributed by atoms with Crippen molar-refractivity contribution in [1.29, 1.82) is 0 Å². The van der Waals surface area contributed by atoms with Gasteiger partial charge < -0.3 is 19.9 Å². The number of hydrogen-bond donors (Lipinski definition) is 2. The number of phenolic OH excluding ortho intramolecular Hbond substituents is 1. The number of aromatic hydroxyl groups is 1. The second-order valence-corrected chi connectivity index (χ2v) is 7.50. The Kier molecular flexibility index (Phi) is 5.70. The molecule has 2 N–H and O–H groups in total. The predicted octanol–water partition coefficient (Wildman–Crippen LogP) is 4.20. The summed E-state index contributed by atoms with van der Waals surface area (Å²) in [6.07, 6.45) is 5.66. The molecule has 1 saturated heterocycles. The van der Waals surface area contributed by atoms with Gasteiger partial charge in [0.1, 0.15) is 17.4 Å². The number of benzene rings is 2. The van der Waals surface area contributed by atoms with Crippen LogP contribution >= 0.6 is 0 Å². The van der Waals surface area contributed by atoms with E-state index in [0.29, 0.717) is 25.2 Å². The van der Waals surface area contributed by atoms with Crippen LogP contribution < -0.4 is 5.32 Å². The Morgan fingerprint density at radius 1 is 0.968 bits per heavy atom. The topological polar surface area (TPSA) is 74.6 Å². The molecule has 6 nitrogen and oxygen atoms in total. The molecule has 1 fully saturated rings. The Morgan fingerprint density at radius 2 is 1.61 bits per heavy atom. The van der Waals surface area contributed by atoms with Crippen molar-refractivity contribution in [2.45, 2.75) is 18.9 Å². The van der Waals surface area contributed by atoms with E-state index in [1.165, 1.54) is 18.2 Å². The molecule has 8 heteroatoms. The highest BCUT2D eigenvalue weighted by molar-refractivity contribution is 6.05. The molecular weight excluding hydrogens is 404 g/mol. The van der Waals surface area contributed by atoms with Crippen molar-refractivity contribution in [3.05, 3.63) is 83.7 Å². The van der Waals surface area contributed by atoms with E-state index in [1.54, 1.807) is 4.90 Å². The average Bonchev–Trinajstić information content (AvgIpc) is 3.28. The van der Waals surface area contributed by atoms with E-state index in [4.69, 9.17) is 0 Å². The van der Waals surface area contributed by atoms with Crippen LogP contribution in [0.15, 0.2) is 60.9 Å². The lowest BCUT2D eigenvalue weighted by Gasteiger charge is -2.33. The summed E-state index contributed by atoms with van der Waals surface area (Å²) in [6, 6.07) is 10.9. The largest absolute Gasteiger partial charge is 0.507 e. The van der Waals surface area contributed by atoms with E-state index in [9.17, 15) is 23.5 Å². The molecule has 0 aliphatic carbocycles. The summed E-state index contributed by atoms with van der Waals surface area (Å²) in [5, 5.41) is 12.8. The van der Waals surface area contributed by atoms with Crippen LogP contribution in [0.1, 0.15) is 39.6 Å². The van der Waals surface area contributed by atoms with Gasteiger partial charge in [0.05, 0.1) is 5.56 Å². The van der Waals surface area contributed by atoms with Crippen molar-refractivity contribution in [3.8, 4) is 5.75 Å². The van der Waals surface area contributed by atoms with Gasteiger partial charge in [0.15, 0.2) is 0 Å². The number of carbonyl (C=O) groups excluding carboxylic acids is 2. The van der Waals surface area contributed by atoms with E-state index < -0.39 is 17.5 Å². The smallest absolute Gasteiger partial charge is 0.257 e. The van der Waals surface area contributed by atoms with Crippen LogP contribution in [0.4, 0.5) is 14.5 Å². The number of nitrogens with one attached hydrogen (secondary N) is 1. The van der Waals surface area contributed by atoms with Crippen molar-refractivity contribution < 1.29 is 23.5 Å². The van der Waals surface area contributed by atoms with Gasteiger partial charge in [-0.2, -0.15) is 0 Å². The zero-order valence-electron chi connectivity index (χ0n) is 16.6.